The van der Waals surface area contributed by atoms with Gasteiger partial charge in [0, 0.05) is 11.3 Å². The van der Waals surface area contributed by atoms with Gasteiger partial charge in [-0.3, -0.25) is 4.21 Å². The molecule has 0 radical (unpaired) electrons. The lowest BCUT2D eigenvalue weighted by molar-refractivity contribution is -0.154. The van der Waals surface area contributed by atoms with Crippen LogP contribution in [0.1, 0.15) is 0 Å². The third-order valence-corrected chi connectivity index (χ3v) is 1.48. The van der Waals surface area contributed by atoms with Crippen LogP contribution in [0.5, 0.6) is 0 Å². The van der Waals surface area contributed by atoms with E-state index in [-0.39, 0.29) is 20.3 Å². The Labute approximate surface area is 55.0 Å². The van der Waals surface area contributed by atoms with Crippen LogP contribution in [0.2, 0.25) is 0 Å². The first-order valence-electron chi connectivity index (χ1n) is 2.30. The van der Waals surface area contributed by atoms with Crippen molar-refractivity contribution in [3.8, 4) is 0 Å². The number of hydrogen-bond donors (Lipinski definition) is 0. The van der Waals surface area contributed by atoms with Crippen molar-refractivity contribution in [2.75, 3.05) is 20.3 Å². The molecule has 1 atom stereocenters. The highest BCUT2D eigenvalue weighted by Gasteiger charge is 2.09. The van der Waals surface area contributed by atoms with Crippen LogP contribution >= 0.6 is 0 Å². The molecule has 6 heteroatoms. The molecule has 0 aromatic rings. The van der Waals surface area contributed by atoms with Gasteiger partial charge in [0.1, 0.15) is 20.3 Å². The molecule has 0 aromatic carbocycles. The fourth-order valence-electron chi connectivity index (χ4n) is 0.460. The number of nitrogens with zero attached hydrogens (tertiary/aromatic N) is 1. The zero-order valence-electron chi connectivity index (χ0n) is 4.61. The van der Waals surface area contributed by atoms with Gasteiger partial charge >= 0.3 is 0 Å². The van der Waals surface area contributed by atoms with Gasteiger partial charge in [0.2, 0.25) is 0 Å². The summed E-state index contributed by atoms with van der Waals surface area (Å²) in [7, 11) is 0. The molecule has 0 aliphatic carbocycles. The number of hydrogen-bond acceptors (Lipinski definition) is 4. The maximum absolute atomic E-state index is 10.1. The van der Waals surface area contributed by atoms with E-state index in [0.717, 1.165) is 4.31 Å². The molecule has 1 saturated heterocycles. The van der Waals surface area contributed by atoms with Crippen molar-refractivity contribution in [1.82, 2.24) is 4.31 Å². The van der Waals surface area contributed by atoms with Crippen molar-refractivity contribution in [2.45, 2.75) is 0 Å². The summed E-state index contributed by atoms with van der Waals surface area (Å²) in [5.41, 5.74) is 0. The summed E-state index contributed by atoms with van der Waals surface area (Å²) in [6, 6.07) is 0. The van der Waals surface area contributed by atoms with Gasteiger partial charge in [0.15, 0.2) is 0 Å². The summed E-state index contributed by atoms with van der Waals surface area (Å²) in [6.07, 6.45) is 0. The van der Waals surface area contributed by atoms with E-state index < -0.39 is 11.3 Å². The highest BCUT2D eigenvalue weighted by molar-refractivity contribution is 7.76. The largest absolute Gasteiger partial charge is 0.759 e. The minimum Gasteiger partial charge on any atom is -0.759 e. The second-order valence-corrected chi connectivity index (χ2v) is 2.43. The molecule has 5 nitrogen and oxygen atoms in total. The second kappa shape index (κ2) is 3.23. The van der Waals surface area contributed by atoms with Crippen molar-refractivity contribution >= 4 is 11.3 Å². The molecule has 0 N–H and O–H groups in total. The first-order valence-corrected chi connectivity index (χ1v) is 3.33. The van der Waals surface area contributed by atoms with Crippen LogP contribution in [0.25, 0.3) is 0 Å². The molecule has 9 heavy (non-hydrogen) atoms. The fourth-order valence-corrected chi connectivity index (χ4v) is 0.782. The Morgan fingerprint density at radius 3 is 2.33 bits per heavy atom. The van der Waals surface area contributed by atoms with Gasteiger partial charge in [-0.2, -0.15) is 4.31 Å². The van der Waals surface area contributed by atoms with E-state index in [2.05, 4.69) is 9.47 Å². The Morgan fingerprint density at radius 2 is 2.00 bits per heavy atom. The topological polar surface area (TPSA) is 61.8 Å². The van der Waals surface area contributed by atoms with Crippen molar-refractivity contribution in [3.63, 3.8) is 0 Å². The maximum atomic E-state index is 10.1. The van der Waals surface area contributed by atoms with Gasteiger partial charge < -0.3 is 14.0 Å². The van der Waals surface area contributed by atoms with Gasteiger partial charge in [-0.05, 0) is 0 Å². The molecule has 0 aromatic heterocycles. The zero-order valence-corrected chi connectivity index (χ0v) is 5.43. The highest BCUT2D eigenvalue weighted by Crippen LogP contribution is 1.98. The summed E-state index contributed by atoms with van der Waals surface area (Å²) in [6.45, 7) is 0.361. The summed E-state index contributed by atoms with van der Waals surface area (Å²) in [5.74, 6) is 0. The molecular weight excluding hydrogens is 146 g/mol. The van der Waals surface area contributed by atoms with E-state index in [4.69, 9.17) is 0 Å². The lowest BCUT2D eigenvalue weighted by Crippen LogP contribution is -2.35. The molecule has 1 rings (SSSR count). The van der Waals surface area contributed by atoms with Crippen LogP contribution < -0.4 is 0 Å². The first-order chi connectivity index (χ1) is 4.30. The Kier molecular flexibility index (Phi) is 2.55. The van der Waals surface area contributed by atoms with E-state index in [1.54, 1.807) is 0 Å². The Balaban J connectivity index is 2.31. The Bertz CT molecular complexity index is 112. The quantitative estimate of drug-likeness (QED) is 0.452. The monoisotopic (exact) mass is 152 g/mol. The van der Waals surface area contributed by atoms with Crippen LogP contribution in [0.15, 0.2) is 0 Å². The van der Waals surface area contributed by atoms with E-state index in [1.165, 1.54) is 0 Å². The van der Waals surface area contributed by atoms with Crippen LogP contribution in [0.3, 0.4) is 0 Å². The number of ether oxygens (including phenoxy) is 2. The van der Waals surface area contributed by atoms with Crippen LogP contribution in [0, 0.1) is 0 Å². The molecule has 1 heterocycles. The predicted molar refractivity (Wildman–Crippen MR) is 27.5 cm³/mol. The molecule has 0 spiro atoms. The standard InChI is InChI=1S/C3H7NO4S/c5-9(6)4-1-7-3-8-2-4/h1-3H2,(H,5,6)/p-1. The maximum Gasteiger partial charge on any atom is 0.150 e. The van der Waals surface area contributed by atoms with E-state index in [1.807, 2.05) is 0 Å². The average Bonchev–Trinajstić information content (AvgIpc) is 1.90. The summed E-state index contributed by atoms with van der Waals surface area (Å²) in [4.78, 5) is 0. The van der Waals surface area contributed by atoms with Crippen LogP contribution in [0.4, 0.5) is 0 Å². The van der Waals surface area contributed by atoms with Gasteiger partial charge in [0.25, 0.3) is 0 Å². The minimum atomic E-state index is -2.22. The normalized spacial score (nSPS) is 25.9. The molecule has 0 amide bonds. The lowest BCUT2D eigenvalue weighted by Gasteiger charge is -2.27. The molecule has 0 bridgehead atoms. The predicted octanol–water partition coefficient (Wildman–Crippen LogP) is -0.998. The smallest absolute Gasteiger partial charge is 0.150 e. The third-order valence-electron chi connectivity index (χ3n) is 0.848. The van der Waals surface area contributed by atoms with Crippen molar-refractivity contribution < 1.29 is 18.2 Å². The lowest BCUT2D eigenvalue weighted by atomic mass is 11.0. The SMILES string of the molecule is O=S([O-])N1COCOC1. The molecule has 1 unspecified atom stereocenters. The van der Waals surface area contributed by atoms with E-state index >= 15 is 0 Å². The van der Waals surface area contributed by atoms with Gasteiger partial charge in [-0.1, -0.05) is 0 Å². The summed E-state index contributed by atoms with van der Waals surface area (Å²) < 4.78 is 30.6. The van der Waals surface area contributed by atoms with Gasteiger partial charge in [0.05, 0.1) is 0 Å². The van der Waals surface area contributed by atoms with Crippen molar-refractivity contribution in [2.24, 2.45) is 0 Å². The fraction of sp³-hybridized carbons (Fsp3) is 1.00. The molecule has 0 saturated carbocycles. The van der Waals surface area contributed by atoms with Gasteiger partial charge in [-0.15, -0.1) is 0 Å². The van der Waals surface area contributed by atoms with Crippen LogP contribution in [-0.2, 0) is 20.7 Å². The molecular formula is C3H6NO4S-. The Morgan fingerprint density at radius 1 is 1.44 bits per heavy atom. The number of rotatable bonds is 1. The molecule has 1 aliphatic heterocycles. The highest BCUT2D eigenvalue weighted by atomic mass is 32.2. The Hall–Kier alpha value is -0.0100. The molecule has 1 fully saturated rings. The van der Waals surface area contributed by atoms with Gasteiger partial charge in [-0.25, -0.2) is 0 Å². The summed E-state index contributed by atoms with van der Waals surface area (Å²) >= 11 is -2.22. The average molecular weight is 152 g/mol. The van der Waals surface area contributed by atoms with E-state index in [0.29, 0.717) is 0 Å². The van der Waals surface area contributed by atoms with Crippen LogP contribution in [-0.4, -0.2) is 33.3 Å². The second-order valence-electron chi connectivity index (χ2n) is 1.48. The van der Waals surface area contributed by atoms with Crippen molar-refractivity contribution in [1.29, 1.82) is 0 Å². The zero-order chi connectivity index (χ0) is 6.69. The van der Waals surface area contributed by atoms with Crippen molar-refractivity contribution in [3.05, 3.63) is 0 Å². The molecule has 1 aliphatic rings. The minimum absolute atomic E-state index is 0.0934. The van der Waals surface area contributed by atoms with E-state index in [9.17, 15) is 8.76 Å². The first kappa shape index (κ1) is 7.10. The third kappa shape index (κ3) is 1.99. The molecule has 54 valence electrons. The summed E-state index contributed by atoms with van der Waals surface area (Å²) in [5, 5.41) is 0.